The van der Waals surface area contributed by atoms with Crippen LogP contribution in [-0.2, 0) is 12.8 Å². The van der Waals surface area contributed by atoms with Crippen LogP contribution in [0.1, 0.15) is 17.7 Å². The van der Waals surface area contributed by atoms with Crippen molar-refractivity contribution in [1.82, 2.24) is 15.0 Å². The molecule has 0 saturated carbocycles. The van der Waals surface area contributed by atoms with Crippen LogP contribution in [0.4, 0.5) is 0 Å². The third kappa shape index (κ3) is 1.93. The Morgan fingerprint density at radius 1 is 1.17 bits per heavy atom. The van der Waals surface area contributed by atoms with Crippen LogP contribution in [0.5, 0.6) is 5.88 Å². The third-order valence-electron chi connectivity index (χ3n) is 3.04. The first kappa shape index (κ1) is 11.4. The zero-order valence-electron chi connectivity index (χ0n) is 9.98. The van der Waals surface area contributed by atoms with Crippen LogP contribution in [-0.4, -0.2) is 22.1 Å². The molecule has 2 aromatic heterocycles. The largest absolute Gasteiger partial charge is 0.481 e. The van der Waals surface area contributed by atoms with Crippen molar-refractivity contribution < 1.29 is 4.74 Å². The van der Waals surface area contributed by atoms with Crippen LogP contribution in [0.25, 0.3) is 11.5 Å². The maximum Gasteiger partial charge on any atom is 0.213 e. The second-order valence-corrected chi connectivity index (χ2v) is 4.54. The number of halogens is 1. The molecule has 1 aliphatic carbocycles. The fourth-order valence-corrected chi connectivity index (χ4v) is 2.44. The van der Waals surface area contributed by atoms with E-state index in [1.54, 1.807) is 13.2 Å². The third-order valence-corrected chi connectivity index (χ3v) is 3.36. The molecule has 0 atom stereocenters. The lowest BCUT2D eigenvalue weighted by atomic mass is 10.2. The Kier molecular flexibility index (Phi) is 2.88. The summed E-state index contributed by atoms with van der Waals surface area (Å²) in [4.78, 5) is 13.2. The molecule has 0 aliphatic heterocycles. The van der Waals surface area contributed by atoms with E-state index in [0.29, 0.717) is 22.6 Å². The maximum absolute atomic E-state index is 6.19. The van der Waals surface area contributed by atoms with E-state index in [9.17, 15) is 0 Å². The van der Waals surface area contributed by atoms with E-state index in [0.717, 1.165) is 30.5 Å². The van der Waals surface area contributed by atoms with E-state index in [1.165, 1.54) is 0 Å². The maximum atomic E-state index is 6.19. The second kappa shape index (κ2) is 4.53. The summed E-state index contributed by atoms with van der Waals surface area (Å²) >= 11 is 6.19. The number of aryl methyl sites for hydroxylation is 1. The van der Waals surface area contributed by atoms with Gasteiger partial charge in [0.25, 0.3) is 0 Å². The first-order chi connectivity index (χ1) is 8.78. The quantitative estimate of drug-likeness (QED) is 0.780. The van der Waals surface area contributed by atoms with Crippen molar-refractivity contribution in [2.24, 2.45) is 0 Å². The molecule has 0 radical (unpaired) electrons. The Morgan fingerprint density at radius 3 is 2.89 bits per heavy atom. The molecule has 4 nitrogen and oxygen atoms in total. The summed E-state index contributed by atoms with van der Waals surface area (Å²) in [5.41, 5.74) is 2.82. The molecule has 3 rings (SSSR count). The number of methoxy groups -OCH3 is 1. The monoisotopic (exact) mass is 261 g/mol. The fourth-order valence-electron chi connectivity index (χ4n) is 2.15. The van der Waals surface area contributed by atoms with E-state index in [-0.39, 0.29) is 0 Å². The summed E-state index contributed by atoms with van der Waals surface area (Å²) < 4.78 is 5.10. The first-order valence-corrected chi connectivity index (χ1v) is 6.22. The molecule has 0 saturated heterocycles. The average Bonchev–Trinajstić information content (AvgIpc) is 2.87. The Labute approximate surface area is 110 Å². The van der Waals surface area contributed by atoms with Crippen LogP contribution in [0, 0.1) is 0 Å². The molecular weight excluding hydrogens is 250 g/mol. The van der Waals surface area contributed by atoms with Crippen molar-refractivity contribution in [3.8, 4) is 17.4 Å². The van der Waals surface area contributed by atoms with Crippen LogP contribution in [0.3, 0.4) is 0 Å². The molecule has 92 valence electrons. The van der Waals surface area contributed by atoms with Gasteiger partial charge in [0.1, 0.15) is 10.8 Å². The van der Waals surface area contributed by atoms with Crippen molar-refractivity contribution in [2.45, 2.75) is 19.3 Å². The van der Waals surface area contributed by atoms with Gasteiger partial charge in [-0.15, -0.1) is 0 Å². The molecule has 0 spiro atoms. The van der Waals surface area contributed by atoms with Gasteiger partial charge in [-0.2, -0.15) is 0 Å². The van der Waals surface area contributed by atoms with Crippen LogP contribution in [0.2, 0.25) is 5.15 Å². The van der Waals surface area contributed by atoms with Gasteiger partial charge in [-0.25, -0.2) is 15.0 Å². The number of ether oxygens (including phenoxy) is 1. The fraction of sp³-hybridized carbons (Fsp3) is 0.308. The smallest absolute Gasteiger partial charge is 0.213 e. The second-order valence-electron chi connectivity index (χ2n) is 4.18. The van der Waals surface area contributed by atoms with Gasteiger partial charge in [-0.3, -0.25) is 0 Å². The summed E-state index contributed by atoms with van der Waals surface area (Å²) in [5, 5.41) is 0.553. The van der Waals surface area contributed by atoms with E-state index < -0.39 is 0 Å². The van der Waals surface area contributed by atoms with Gasteiger partial charge in [-0.1, -0.05) is 17.7 Å². The van der Waals surface area contributed by atoms with Crippen molar-refractivity contribution in [2.75, 3.05) is 7.11 Å². The lowest BCUT2D eigenvalue weighted by molar-refractivity contribution is 0.398. The molecule has 0 unspecified atom stereocenters. The first-order valence-electron chi connectivity index (χ1n) is 5.84. The Bertz CT molecular complexity index is 601. The average molecular weight is 262 g/mol. The number of hydrogen-bond acceptors (Lipinski definition) is 4. The van der Waals surface area contributed by atoms with Gasteiger partial charge in [0.15, 0.2) is 5.82 Å². The highest BCUT2D eigenvalue weighted by atomic mass is 35.5. The topological polar surface area (TPSA) is 47.9 Å². The Balaban J connectivity index is 2.09. The number of fused-ring (bicyclic) bond motifs is 1. The molecule has 18 heavy (non-hydrogen) atoms. The van der Waals surface area contributed by atoms with Crippen LogP contribution >= 0.6 is 11.6 Å². The van der Waals surface area contributed by atoms with Gasteiger partial charge >= 0.3 is 0 Å². The standard InChI is InChI=1S/C13H12ClN3O/c1-18-11-7-3-6-10(15-11)13-16-9-5-2-4-8(9)12(14)17-13/h3,6-7H,2,4-5H2,1H3. The minimum atomic E-state index is 0.549. The Hall–Kier alpha value is -1.68. The molecular formula is C13H12ClN3O. The summed E-state index contributed by atoms with van der Waals surface area (Å²) in [6, 6.07) is 5.51. The van der Waals surface area contributed by atoms with E-state index in [2.05, 4.69) is 15.0 Å². The van der Waals surface area contributed by atoms with Crippen molar-refractivity contribution >= 4 is 11.6 Å². The minimum absolute atomic E-state index is 0.549. The normalized spacial score (nSPS) is 13.4. The zero-order chi connectivity index (χ0) is 12.5. The molecule has 0 bridgehead atoms. The summed E-state index contributed by atoms with van der Waals surface area (Å²) in [6.07, 6.45) is 3.03. The number of aromatic nitrogens is 3. The molecule has 1 aliphatic rings. The summed E-state index contributed by atoms with van der Waals surface area (Å²) in [7, 11) is 1.59. The summed E-state index contributed by atoms with van der Waals surface area (Å²) in [5.74, 6) is 1.12. The molecule has 0 aromatic carbocycles. The summed E-state index contributed by atoms with van der Waals surface area (Å²) in [6.45, 7) is 0. The molecule has 5 heteroatoms. The SMILES string of the molecule is COc1cccc(-c2nc(Cl)c3c(n2)CCC3)n1. The van der Waals surface area contributed by atoms with Crippen molar-refractivity contribution in [3.05, 3.63) is 34.6 Å². The molecule has 2 heterocycles. The molecule has 0 N–H and O–H groups in total. The van der Waals surface area contributed by atoms with Gasteiger partial charge in [0.05, 0.1) is 7.11 Å². The van der Waals surface area contributed by atoms with E-state index >= 15 is 0 Å². The van der Waals surface area contributed by atoms with Gasteiger partial charge in [-0.05, 0) is 25.3 Å². The van der Waals surface area contributed by atoms with E-state index in [1.807, 2.05) is 12.1 Å². The van der Waals surface area contributed by atoms with Crippen molar-refractivity contribution in [3.63, 3.8) is 0 Å². The highest BCUT2D eigenvalue weighted by Crippen LogP contribution is 2.28. The highest BCUT2D eigenvalue weighted by Gasteiger charge is 2.19. The predicted molar refractivity (Wildman–Crippen MR) is 68.9 cm³/mol. The molecule has 2 aromatic rings. The van der Waals surface area contributed by atoms with Gasteiger partial charge < -0.3 is 4.74 Å². The van der Waals surface area contributed by atoms with Crippen LogP contribution in [0.15, 0.2) is 18.2 Å². The highest BCUT2D eigenvalue weighted by molar-refractivity contribution is 6.30. The minimum Gasteiger partial charge on any atom is -0.481 e. The lowest BCUT2D eigenvalue weighted by Gasteiger charge is -2.06. The number of pyridine rings is 1. The van der Waals surface area contributed by atoms with E-state index in [4.69, 9.17) is 16.3 Å². The molecule has 0 amide bonds. The predicted octanol–water partition coefficient (Wildman–Crippen LogP) is 2.69. The number of hydrogen-bond donors (Lipinski definition) is 0. The van der Waals surface area contributed by atoms with Gasteiger partial charge in [0, 0.05) is 17.3 Å². The number of nitrogens with zero attached hydrogens (tertiary/aromatic N) is 3. The zero-order valence-corrected chi connectivity index (χ0v) is 10.7. The van der Waals surface area contributed by atoms with Crippen molar-refractivity contribution in [1.29, 1.82) is 0 Å². The molecule has 0 fully saturated rings. The van der Waals surface area contributed by atoms with Crippen LogP contribution < -0.4 is 4.74 Å². The Morgan fingerprint density at radius 2 is 2.06 bits per heavy atom. The number of rotatable bonds is 2. The lowest BCUT2D eigenvalue weighted by Crippen LogP contribution is -1.99. The van der Waals surface area contributed by atoms with Gasteiger partial charge in [0.2, 0.25) is 5.88 Å².